The number of hydrogen-bond acceptors (Lipinski definition) is 4. The van der Waals surface area contributed by atoms with Crippen molar-refractivity contribution in [2.45, 2.75) is 13.5 Å². The SMILES string of the molecule is C=C(C)Cn1nnc(C#N)c1-c1ccc(OC)cc1. The molecule has 0 aliphatic heterocycles. The zero-order valence-electron chi connectivity index (χ0n) is 10.9. The first-order valence-corrected chi connectivity index (χ1v) is 5.78. The number of ether oxygens (including phenoxy) is 1. The summed E-state index contributed by atoms with van der Waals surface area (Å²) in [5, 5.41) is 17.0. The average Bonchev–Trinajstić information content (AvgIpc) is 2.81. The van der Waals surface area contributed by atoms with Gasteiger partial charge < -0.3 is 4.74 Å². The van der Waals surface area contributed by atoms with E-state index in [0.717, 1.165) is 16.9 Å². The van der Waals surface area contributed by atoms with Crippen LogP contribution >= 0.6 is 0 Å². The Bertz CT molecular complexity index is 634. The number of hydrogen-bond donors (Lipinski definition) is 0. The van der Waals surface area contributed by atoms with Crippen molar-refractivity contribution in [1.29, 1.82) is 5.26 Å². The zero-order valence-corrected chi connectivity index (χ0v) is 10.9. The summed E-state index contributed by atoms with van der Waals surface area (Å²) < 4.78 is 6.80. The minimum Gasteiger partial charge on any atom is -0.497 e. The fourth-order valence-corrected chi connectivity index (χ4v) is 1.79. The first-order valence-electron chi connectivity index (χ1n) is 5.78. The number of nitriles is 1. The molecule has 0 radical (unpaired) electrons. The third-order valence-corrected chi connectivity index (χ3v) is 2.62. The Morgan fingerprint density at radius 1 is 1.42 bits per heavy atom. The molecule has 1 aromatic carbocycles. The summed E-state index contributed by atoms with van der Waals surface area (Å²) >= 11 is 0. The van der Waals surface area contributed by atoms with E-state index in [9.17, 15) is 0 Å². The summed E-state index contributed by atoms with van der Waals surface area (Å²) in [4.78, 5) is 0. The van der Waals surface area contributed by atoms with Crippen LogP contribution in [0.15, 0.2) is 36.4 Å². The van der Waals surface area contributed by atoms with Gasteiger partial charge in [0.25, 0.3) is 0 Å². The molecule has 1 heterocycles. The van der Waals surface area contributed by atoms with Gasteiger partial charge in [0.2, 0.25) is 0 Å². The Labute approximate surface area is 111 Å². The van der Waals surface area contributed by atoms with E-state index in [1.54, 1.807) is 11.8 Å². The van der Waals surface area contributed by atoms with Crippen LogP contribution in [0.5, 0.6) is 5.75 Å². The van der Waals surface area contributed by atoms with Crippen LogP contribution in [0.2, 0.25) is 0 Å². The summed E-state index contributed by atoms with van der Waals surface area (Å²) in [6.07, 6.45) is 0. The number of nitrogens with zero attached hydrogens (tertiary/aromatic N) is 4. The highest BCUT2D eigenvalue weighted by Crippen LogP contribution is 2.24. The van der Waals surface area contributed by atoms with Gasteiger partial charge in [0.05, 0.1) is 13.7 Å². The number of methoxy groups -OCH3 is 1. The van der Waals surface area contributed by atoms with Crippen LogP contribution in [0.25, 0.3) is 11.3 Å². The van der Waals surface area contributed by atoms with Crippen molar-refractivity contribution in [3.63, 3.8) is 0 Å². The van der Waals surface area contributed by atoms with Gasteiger partial charge in [-0.3, -0.25) is 0 Å². The lowest BCUT2D eigenvalue weighted by Gasteiger charge is -2.07. The van der Waals surface area contributed by atoms with Crippen molar-refractivity contribution >= 4 is 0 Å². The number of aromatic nitrogens is 3. The summed E-state index contributed by atoms with van der Waals surface area (Å²) in [7, 11) is 1.61. The normalized spacial score (nSPS) is 9.95. The third kappa shape index (κ3) is 2.63. The van der Waals surface area contributed by atoms with Crippen LogP contribution in [0.1, 0.15) is 12.6 Å². The molecule has 2 aromatic rings. The molecule has 5 nitrogen and oxygen atoms in total. The Morgan fingerprint density at radius 3 is 2.63 bits per heavy atom. The highest BCUT2D eigenvalue weighted by molar-refractivity contribution is 5.65. The molecule has 0 aliphatic carbocycles. The van der Waals surface area contributed by atoms with Gasteiger partial charge in [-0.05, 0) is 31.2 Å². The highest BCUT2D eigenvalue weighted by atomic mass is 16.5. The first kappa shape index (κ1) is 12.8. The largest absolute Gasteiger partial charge is 0.497 e. The quantitative estimate of drug-likeness (QED) is 0.786. The van der Waals surface area contributed by atoms with Crippen LogP contribution in [0.3, 0.4) is 0 Å². The molecule has 0 spiro atoms. The minimum absolute atomic E-state index is 0.311. The van der Waals surface area contributed by atoms with E-state index < -0.39 is 0 Å². The maximum Gasteiger partial charge on any atom is 0.190 e. The molecule has 0 saturated heterocycles. The maximum absolute atomic E-state index is 9.12. The Morgan fingerprint density at radius 2 is 2.11 bits per heavy atom. The van der Waals surface area contributed by atoms with E-state index in [-0.39, 0.29) is 0 Å². The molecule has 0 saturated carbocycles. The fraction of sp³-hybridized carbons (Fsp3) is 0.214. The van der Waals surface area contributed by atoms with Gasteiger partial charge >= 0.3 is 0 Å². The lowest BCUT2D eigenvalue weighted by atomic mass is 10.1. The Kier molecular flexibility index (Phi) is 3.62. The molecule has 0 N–H and O–H groups in total. The Balaban J connectivity index is 2.49. The van der Waals surface area contributed by atoms with Crippen LogP contribution in [0.4, 0.5) is 0 Å². The summed E-state index contributed by atoms with van der Waals surface area (Å²) in [5.74, 6) is 0.765. The van der Waals surface area contributed by atoms with Gasteiger partial charge in [-0.15, -0.1) is 5.10 Å². The number of benzene rings is 1. The molecule has 0 aliphatic rings. The van der Waals surface area contributed by atoms with E-state index in [1.165, 1.54) is 0 Å². The van der Waals surface area contributed by atoms with Crippen LogP contribution in [-0.4, -0.2) is 22.1 Å². The fourth-order valence-electron chi connectivity index (χ4n) is 1.79. The van der Waals surface area contributed by atoms with Crippen molar-refractivity contribution in [1.82, 2.24) is 15.0 Å². The van der Waals surface area contributed by atoms with Crippen molar-refractivity contribution in [2.75, 3.05) is 7.11 Å². The zero-order chi connectivity index (χ0) is 13.8. The standard InChI is InChI=1S/C14H14N4O/c1-10(2)9-18-14(13(8-15)16-17-18)11-4-6-12(19-3)7-5-11/h4-7H,1,9H2,2-3H3. The van der Waals surface area contributed by atoms with Gasteiger partial charge in [0.15, 0.2) is 5.69 Å². The smallest absolute Gasteiger partial charge is 0.190 e. The molecule has 0 fully saturated rings. The van der Waals surface area contributed by atoms with Crippen LogP contribution in [-0.2, 0) is 6.54 Å². The van der Waals surface area contributed by atoms with E-state index >= 15 is 0 Å². The number of allylic oxidation sites excluding steroid dienone is 1. The molecular formula is C14H14N4O. The molecule has 0 bridgehead atoms. The van der Waals surface area contributed by atoms with Gasteiger partial charge in [-0.1, -0.05) is 17.4 Å². The molecule has 2 rings (SSSR count). The summed E-state index contributed by atoms with van der Waals surface area (Å²) in [6, 6.07) is 9.51. The van der Waals surface area contributed by atoms with Crippen LogP contribution < -0.4 is 4.74 Å². The number of rotatable bonds is 4. The second-order valence-electron chi connectivity index (χ2n) is 4.24. The average molecular weight is 254 g/mol. The molecule has 19 heavy (non-hydrogen) atoms. The predicted molar refractivity (Wildman–Crippen MR) is 71.5 cm³/mol. The molecule has 5 heteroatoms. The monoisotopic (exact) mass is 254 g/mol. The van der Waals surface area contributed by atoms with Crippen molar-refractivity contribution in [2.24, 2.45) is 0 Å². The van der Waals surface area contributed by atoms with Gasteiger partial charge in [0.1, 0.15) is 17.5 Å². The molecule has 1 aromatic heterocycles. The van der Waals surface area contributed by atoms with Crippen molar-refractivity contribution in [3.8, 4) is 23.1 Å². The van der Waals surface area contributed by atoms with E-state index in [2.05, 4.69) is 23.0 Å². The summed E-state index contributed by atoms with van der Waals surface area (Å²) in [5.41, 5.74) is 2.84. The Hall–Kier alpha value is -2.61. The second kappa shape index (κ2) is 5.36. The topological polar surface area (TPSA) is 63.7 Å². The van der Waals surface area contributed by atoms with E-state index in [1.807, 2.05) is 31.2 Å². The van der Waals surface area contributed by atoms with E-state index in [0.29, 0.717) is 17.9 Å². The van der Waals surface area contributed by atoms with Gasteiger partial charge in [-0.2, -0.15) is 5.26 Å². The molecule has 0 unspecified atom stereocenters. The molecule has 0 amide bonds. The predicted octanol–water partition coefficient (Wildman–Crippen LogP) is 2.40. The third-order valence-electron chi connectivity index (χ3n) is 2.62. The lowest BCUT2D eigenvalue weighted by Crippen LogP contribution is -2.03. The van der Waals surface area contributed by atoms with E-state index in [4.69, 9.17) is 10.00 Å². The van der Waals surface area contributed by atoms with Crippen molar-refractivity contribution < 1.29 is 4.74 Å². The van der Waals surface area contributed by atoms with Gasteiger partial charge in [0, 0.05) is 5.56 Å². The molecular weight excluding hydrogens is 240 g/mol. The minimum atomic E-state index is 0.311. The summed E-state index contributed by atoms with van der Waals surface area (Å²) in [6.45, 7) is 6.30. The highest BCUT2D eigenvalue weighted by Gasteiger charge is 2.14. The van der Waals surface area contributed by atoms with Gasteiger partial charge in [-0.25, -0.2) is 4.68 Å². The van der Waals surface area contributed by atoms with Crippen LogP contribution in [0, 0.1) is 11.3 Å². The molecule has 96 valence electrons. The maximum atomic E-state index is 9.12. The lowest BCUT2D eigenvalue weighted by molar-refractivity contribution is 0.415. The van der Waals surface area contributed by atoms with Crippen molar-refractivity contribution in [3.05, 3.63) is 42.1 Å². The first-order chi connectivity index (χ1) is 9.15. The molecule has 0 atom stereocenters. The second-order valence-corrected chi connectivity index (χ2v) is 4.24.